The molecule has 0 saturated heterocycles. The molecule has 1 fully saturated rings. The molecular weight excluding hydrogens is 464 g/mol. The fourth-order valence-corrected chi connectivity index (χ4v) is 5.76. The molecule has 1 amide bonds. The number of halogens is 2. The first kappa shape index (κ1) is 24.4. The Kier molecular flexibility index (Phi) is 6.53. The Morgan fingerprint density at radius 2 is 1.97 bits per heavy atom. The fraction of sp³-hybridized carbons (Fsp3) is 0.464. The summed E-state index contributed by atoms with van der Waals surface area (Å²) in [5.41, 5.74) is 3.06. The van der Waals surface area contributed by atoms with Crippen LogP contribution in [0.5, 0.6) is 0 Å². The van der Waals surface area contributed by atoms with Gasteiger partial charge in [0.05, 0.1) is 12.0 Å². The maximum atomic E-state index is 13.3. The van der Waals surface area contributed by atoms with Gasteiger partial charge in [0.15, 0.2) is 0 Å². The Hall–Kier alpha value is -3.29. The average Bonchev–Trinajstić information content (AvgIpc) is 3.18. The normalized spacial score (nSPS) is 22.1. The summed E-state index contributed by atoms with van der Waals surface area (Å²) in [5.74, 6) is -0.457. The van der Waals surface area contributed by atoms with Crippen molar-refractivity contribution in [3.05, 3.63) is 65.0 Å². The van der Waals surface area contributed by atoms with Crippen LogP contribution in [0, 0.1) is 11.3 Å². The lowest BCUT2D eigenvalue weighted by Crippen LogP contribution is -2.39. The van der Waals surface area contributed by atoms with Crippen molar-refractivity contribution in [3.8, 4) is 0 Å². The van der Waals surface area contributed by atoms with Gasteiger partial charge in [0.25, 0.3) is 6.43 Å². The van der Waals surface area contributed by atoms with Gasteiger partial charge in [0.2, 0.25) is 5.91 Å². The molecular formula is C28H31F2N3O3. The minimum absolute atomic E-state index is 0.00549. The molecule has 0 atom stereocenters. The third-order valence-electron chi connectivity index (χ3n) is 8.10. The van der Waals surface area contributed by atoms with E-state index >= 15 is 0 Å². The van der Waals surface area contributed by atoms with Crippen LogP contribution in [0.3, 0.4) is 0 Å². The molecule has 0 unspecified atom stereocenters. The van der Waals surface area contributed by atoms with Crippen molar-refractivity contribution in [2.75, 3.05) is 6.54 Å². The number of alkyl halides is 2. The largest absolute Gasteiger partial charge is 0.481 e. The molecule has 1 N–H and O–H groups in total. The standard InChI is InChI=1S/C28H31F2N3O3/c1-28(27(35)36)10-7-18(8-11-28)15-24(34)32-13-9-21-22-6-3-12-31-26(22)33(23(21)17-32)16-19-4-2-5-20(14-19)25(29)30/h2-6,12,14,18,25H,7-11,13,15-17H2,1H3,(H,35,36). The summed E-state index contributed by atoms with van der Waals surface area (Å²) < 4.78 is 28.6. The predicted molar refractivity (Wildman–Crippen MR) is 132 cm³/mol. The van der Waals surface area contributed by atoms with E-state index in [-0.39, 0.29) is 17.4 Å². The van der Waals surface area contributed by atoms with E-state index in [0.717, 1.165) is 41.6 Å². The van der Waals surface area contributed by atoms with Crippen molar-refractivity contribution < 1.29 is 23.5 Å². The molecule has 190 valence electrons. The van der Waals surface area contributed by atoms with Crippen molar-refractivity contribution in [2.24, 2.45) is 11.3 Å². The Morgan fingerprint density at radius 1 is 1.19 bits per heavy atom. The lowest BCUT2D eigenvalue weighted by atomic mass is 9.71. The van der Waals surface area contributed by atoms with Crippen LogP contribution in [-0.4, -0.2) is 38.0 Å². The molecule has 5 rings (SSSR count). The summed E-state index contributed by atoms with van der Waals surface area (Å²) in [6.07, 6.45) is 3.05. The monoisotopic (exact) mass is 495 g/mol. The van der Waals surface area contributed by atoms with Gasteiger partial charge in [-0.25, -0.2) is 13.8 Å². The van der Waals surface area contributed by atoms with Gasteiger partial charge in [-0.05, 0) is 74.3 Å². The summed E-state index contributed by atoms with van der Waals surface area (Å²) in [7, 11) is 0. The van der Waals surface area contributed by atoms with E-state index < -0.39 is 17.8 Å². The third-order valence-corrected chi connectivity index (χ3v) is 8.10. The van der Waals surface area contributed by atoms with Crippen molar-refractivity contribution in [1.82, 2.24) is 14.5 Å². The minimum Gasteiger partial charge on any atom is -0.481 e. The van der Waals surface area contributed by atoms with Crippen molar-refractivity contribution >= 4 is 22.9 Å². The first-order valence-corrected chi connectivity index (χ1v) is 12.6. The molecule has 2 aliphatic rings. The second-order valence-corrected chi connectivity index (χ2v) is 10.5. The van der Waals surface area contributed by atoms with Gasteiger partial charge in [-0.15, -0.1) is 0 Å². The molecule has 0 spiro atoms. The van der Waals surface area contributed by atoms with Crippen molar-refractivity contribution in [3.63, 3.8) is 0 Å². The Morgan fingerprint density at radius 3 is 2.69 bits per heavy atom. The van der Waals surface area contributed by atoms with E-state index in [4.69, 9.17) is 0 Å². The number of nitrogens with zero attached hydrogens (tertiary/aromatic N) is 3. The van der Waals surface area contributed by atoms with Crippen LogP contribution >= 0.6 is 0 Å². The number of carboxylic acids is 1. The number of benzene rings is 1. The number of carbonyl (C=O) groups is 2. The van der Waals surface area contributed by atoms with E-state index in [1.807, 2.05) is 23.1 Å². The van der Waals surface area contributed by atoms with Crippen molar-refractivity contribution in [2.45, 2.75) is 65.0 Å². The summed E-state index contributed by atoms with van der Waals surface area (Å²) in [6.45, 7) is 3.28. The summed E-state index contributed by atoms with van der Waals surface area (Å²) >= 11 is 0. The van der Waals surface area contributed by atoms with Crippen LogP contribution in [0.15, 0.2) is 42.6 Å². The van der Waals surface area contributed by atoms with Crippen LogP contribution in [-0.2, 0) is 29.1 Å². The number of aromatic nitrogens is 2. The zero-order valence-corrected chi connectivity index (χ0v) is 20.4. The van der Waals surface area contributed by atoms with Crippen LogP contribution in [0.4, 0.5) is 8.78 Å². The zero-order chi connectivity index (χ0) is 25.4. The maximum absolute atomic E-state index is 13.3. The molecule has 0 bridgehead atoms. The topological polar surface area (TPSA) is 75.4 Å². The number of fused-ring (bicyclic) bond motifs is 3. The second kappa shape index (κ2) is 9.64. The number of carbonyl (C=O) groups excluding carboxylic acids is 1. The molecule has 0 radical (unpaired) electrons. The van der Waals surface area contributed by atoms with E-state index in [0.29, 0.717) is 38.9 Å². The first-order valence-electron chi connectivity index (χ1n) is 12.6. The number of carboxylic acid groups (broad SMARTS) is 1. The van der Waals surface area contributed by atoms with Crippen molar-refractivity contribution in [1.29, 1.82) is 0 Å². The maximum Gasteiger partial charge on any atom is 0.309 e. The fourth-order valence-electron chi connectivity index (χ4n) is 5.76. The molecule has 3 heterocycles. The van der Waals surface area contributed by atoms with Gasteiger partial charge in [0.1, 0.15) is 5.65 Å². The SMILES string of the molecule is CC1(C(=O)O)CCC(CC(=O)N2CCc3c(n(Cc4cccc(C(F)F)c4)c4ncccc34)C2)CC1. The summed E-state index contributed by atoms with van der Waals surface area (Å²) in [6, 6.07) is 10.4. The minimum atomic E-state index is -2.53. The Balaban J connectivity index is 1.36. The van der Waals surface area contributed by atoms with Gasteiger partial charge in [-0.3, -0.25) is 9.59 Å². The lowest BCUT2D eigenvalue weighted by Gasteiger charge is -2.35. The van der Waals surface area contributed by atoms with Crippen LogP contribution in [0.1, 0.15) is 67.8 Å². The molecule has 1 aliphatic carbocycles. The molecule has 6 nitrogen and oxygen atoms in total. The van der Waals surface area contributed by atoms with Gasteiger partial charge < -0.3 is 14.6 Å². The third kappa shape index (κ3) is 4.61. The predicted octanol–water partition coefficient (Wildman–Crippen LogP) is 5.58. The van der Waals surface area contributed by atoms with Crippen LogP contribution < -0.4 is 0 Å². The van der Waals surface area contributed by atoms with Gasteiger partial charge >= 0.3 is 5.97 Å². The molecule has 8 heteroatoms. The van der Waals surface area contributed by atoms with E-state index in [1.165, 1.54) is 17.7 Å². The Labute approximate surface area is 208 Å². The van der Waals surface area contributed by atoms with Crippen LogP contribution in [0.25, 0.3) is 11.0 Å². The molecule has 3 aromatic rings. The number of hydrogen-bond acceptors (Lipinski definition) is 3. The molecule has 36 heavy (non-hydrogen) atoms. The number of pyridine rings is 1. The quantitative estimate of drug-likeness (QED) is 0.485. The lowest BCUT2D eigenvalue weighted by molar-refractivity contribution is -0.150. The first-order chi connectivity index (χ1) is 17.2. The smallest absolute Gasteiger partial charge is 0.309 e. The summed E-state index contributed by atoms with van der Waals surface area (Å²) in [5, 5.41) is 10.5. The highest BCUT2D eigenvalue weighted by atomic mass is 19.3. The zero-order valence-electron chi connectivity index (χ0n) is 20.4. The second-order valence-electron chi connectivity index (χ2n) is 10.5. The van der Waals surface area contributed by atoms with Gasteiger partial charge in [0, 0.05) is 42.4 Å². The van der Waals surface area contributed by atoms with Gasteiger partial charge in [-0.1, -0.05) is 18.2 Å². The van der Waals surface area contributed by atoms with E-state index in [9.17, 15) is 23.5 Å². The van der Waals surface area contributed by atoms with E-state index in [2.05, 4.69) is 9.55 Å². The summed E-state index contributed by atoms with van der Waals surface area (Å²) in [4.78, 5) is 31.3. The van der Waals surface area contributed by atoms with E-state index in [1.54, 1.807) is 19.2 Å². The number of rotatable bonds is 6. The number of aliphatic carboxylic acids is 1. The number of amides is 1. The molecule has 1 aromatic carbocycles. The van der Waals surface area contributed by atoms with Crippen LogP contribution in [0.2, 0.25) is 0 Å². The molecule has 1 saturated carbocycles. The number of hydrogen-bond donors (Lipinski definition) is 1. The average molecular weight is 496 g/mol. The van der Waals surface area contributed by atoms with Gasteiger partial charge in [-0.2, -0.15) is 0 Å². The molecule has 2 aromatic heterocycles. The highest BCUT2D eigenvalue weighted by Crippen LogP contribution is 2.40. The highest BCUT2D eigenvalue weighted by molar-refractivity contribution is 5.84. The Bertz CT molecular complexity index is 1290. The molecule has 1 aliphatic heterocycles. The highest BCUT2D eigenvalue weighted by Gasteiger charge is 2.38.